The molecule has 28 heavy (non-hydrogen) atoms. The number of nitrogens with zero attached hydrogens (tertiary/aromatic N) is 1. The van der Waals surface area contributed by atoms with Crippen LogP contribution in [-0.2, 0) is 9.59 Å². The number of Topliss-reactive ketones (excluding diaryl/α,β-unsaturated/α-hetero) is 1. The summed E-state index contributed by atoms with van der Waals surface area (Å²) >= 11 is 6.21. The van der Waals surface area contributed by atoms with Gasteiger partial charge in [-0.2, -0.15) is 0 Å². The summed E-state index contributed by atoms with van der Waals surface area (Å²) in [5, 5.41) is 0.579. The number of anilines is 1. The molecule has 2 aromatic rings. The third-order valence-electron chi connectivity index (χ3n) is 5.61. The first kappa shape index (κ1) is 18.8. The maximum atomic E-state index is 13.2. The van der Waals surface area contributed by atoms with Crippen molar-refractivity contribution in [3.05, 3.63) is 69.9 Å². The lowest BCUT2D eigenvalue weighted by atomic mass is 9.77. The topological polar surface area (TPSA) is 46.6 Å². The first-order valence-corrected chi connectivity index (χ1v) is 9.86. The second-order valence-corrected chi connectivity index (χ2v) is 7.76. The zero-order chi connectivity index (χ0) is 19.8. The Kier molecular flexibility index (Phi) is 4.98. The molecule has 1 amide bonds. The average Bonchev–Trinajstić information content (AvgIpc) is 2.70. The summed E-state index contributed by atoms with van der Waals surface area (Å²) in [6.07, 6.45) is 2.27. The average molecular weight is 396 g/mol. The molecule has 4 nitrogen and oxygen atoms in total. The lowest BCUT2D eigenvalue weighted by Crippen LogP contribution is -2.40. The van der Waals surface area contributed by atoms with E-state index in [1.165, 1.54) is 0 Å². The Morgan fingerprint density at radius 3 is 2.54 bits per heavy atom. The number of ketones is 1. The Morgan fingerprint density at radius 1 is 1.07 bits per heavy atom. The van der Waals surface area contributed by atoms with Gasteiger partial charge in [0.15, 0.2) is 5.78 Å². The lowest BCUT2D eigenvalue weighted by molar-refractivity contribution is -0.119. The fourth-order valence-electron chi connectivity index (χ4n) is 4.22. The van der Waals surface area contributed by atoms with Crippen molar-refractivity contribution in [3.8, 4) is 5.75 Å². The van der Waals surface area contributed by atoms with E-state index in [4.69, 9.17) is 16.3 Å². The molecule has 2 aromatic carbocycles. The number of carbonyl (C=O) groups excluding carboxylic acids is 2. The predicted octanol–water partition coefficient (Wildman–Crippen LogP) is 5.18. The minimum Gasteiger partial charge on any atom is -0.497 e. The molecule has 0 radical (unpaired) electrons. The van der Waals surface area contributed by atoms with Crippen LogP contribution in [0.2, 0.25) is 5.02 Å². The van der Waals surface area contributed by atoms with Crippen molar-refractivity contribution in [1.29, 1.82) is 0 Å². The van der Waals surface area contributed by atoms with E-state index in [1.54, 1.807) is 12.0 Å². The van der Waals surface area contributed by atoms with E-state index in [0.29, 0.717) is 17.9 Å². The standard InChI is InChI=1S/C23H22ClNO3/c1-14-6-9-16(24)12-20(14)25-19-4-3-5-21(26)23(19)18(13-22(25)27)15-7-10-17(28-2)11-8-15/h6-12,18H,3-5,13H2,1-2H3. The second-order valence-electron chi connectivity index (χ2n) is 7.33. The van der Waals surface area contributed by atoms with Gasteiger partial charge in [-0.3, -0.25) is 14.5 Å². The molecule has 144 valence electrons. The summed E-state index contributed by atoms with van der Waals surface area (Å²) < 4.78 is 5.24. The summed E-state index contributed by atoms with van der Waals surface area (Å²) in [5.74, 6) is 0.682. The lowest BCUT2D eigenvalue weighted by Gasteiger charge is -2.39. The van der Waals surface area contributed by atoms with Crippen molar-refractivity contribution in [2.45, 2.75) is 38.5 Å². The van der Waals surface area contributed by atoms with Gasteiger partial charge in [0.1, 0.15) is 5.75 Å². The van der Waals surface area contributed by atoms with E-state index in [1.807, 2.05) is 49.4 Å². The van der Waals surface area contributed by atoms with Crippen molar-refractivity contribution < 1.29 is 14.3 Å². The first-order valence-electron chi connectivity index (χ1n) is 9.49. The van der Waals surface area contributed by atoms with Gasteiger partial charge >= 0.3 is 0 Å². The number of allylic oxidation sites excluding steroid dienone is 2. The van der Waals surface area contributed by atoms with Crippen molar-refractivity contribution in [2.24, 2.45) is 0 Å². The molecule has 5 heteroatoms. The van der Waals surface area contributed by atoms with Gasteiger partial charge in [0.05, 0.1) is 12.8 Å². The Hall–Kier alpha value is -2.59. The minimum atomic E-state index is -0.211. The number of hydrogen-bond acceptors (Lipinski definition) is 3. The summed E-state index contributed by atoms with van der Waals surface area (Å²) in [5.41, 5.74) is 4.31. The summed E-state index contributed by atoms with van der Waals surface area (Å²) in [6, 6.07) is 13.2. The SMILES string of the molecule is COc1ccc(C2CC(=O)N(c3cc(Cl)ccc3C)C3=C2C(=O)CCC3)cc1. The highest BCUT2D eigenvalue weighted by Crippen LogP contribution is 2.44. The highest BCUT2D eigenvalue weighted by atomic mass is 35.5. The van der Waals surface area contributed by atoms with Crippen LogP contribution in [0.15, 0.2) is 53.7 Å². The molecule has 1 heterocycles. The van der Waals surface area contributed by atoms with Crippen molar-refractivity contribution >= 4 is 29.0 Å². The Morgan fingerprint density at radius 2 is 1.82 bits per heavy atom. The van der Waals surface area contributed by atoms with Gasteiger partial charge in [0.2, 0.25) is 5.91 Å². The van der Waals surface area contributed by atoms with Crippen LogP contribution in [0.25, 0.3) is 0 Å². The van der Waals surface area contributed by atoms with Crippen LogP contribution in [0.4, 0.5) is 5.69 Å². The number of carbonyl (C=O) groups is 2. The maximum absolute atomic E-state index is 13.2. The number of benzene rings is 2. The van der Waals surface area contributed by atoms with Gasteiger partial charge in [-0.1, -0.05) is 29.8 Å². The molecule has 1 unspecified atom stereocenters. The molecular formula is C23H22ClNO3. The molecule has 0 saturated heterocycles. The Balaban J connectivity index is 1.85. The number of hydrogen-bond donors (Lipinski definition) is 0. The fourth-order valence-corrected chi connectivity index (χ4v) is 4.38. The number of rotatable bonds is 3. The van der Waals surface area contributed by atoms with Crippen LogP contribution in [-0.4, -0.2) is 18.8 Å². The van der Waals surface area contributed by atoms with Crippen molar-refractivity contribution in [1.82, 2.24) is 0 Å². The van der Waals surface area contributed by atoms with E-state index >= 15 is 0 Å². The third-order valence-corrected chi connectivity index (χ3v) is 5.84. The van der Waals surface area contributed by atoms with Crippen molar-refractivity contribution in [2.75, 3.05) is 12.0 Å². The van der Waals surface area contributed by atoms with E-state index in [0.717, 1.165) is 40.3 Å². The Bertz CT molecular complexity index is 978. The van der Waals surface area contributed by atoms with Crippen LogP contribution >= 0.6 is 11.6 Å². The molecule has 2 aliphatic rings. The molecule has 0 N–H and O–H groups in total. The zero-order valence-corrected chi connectivity index (χ0v) is 16.8. The summed E-state index contributed by atoms with van der Waals surface area (Å²) in [6.45, 7) is 1.96. The molecule has 1 aliphatic heterocycles. The first-order chi connectivity index (χ1) is 13.5. The largest absolute Gasteiger partial charge is 0.497 e. The molecule has 1 atom stereocenters. The van der Waals surface area contributed by atoms with Gasteiger partial charge in [0.25, 0.3) is 0 Å². The number of aryl methyl sites for hydroxylation is 1. The van der Waals surface area contributed by atoms with Crippen LogP contribution < -0.4 is 9.64 Å². The maximum Gasteiger partial charge on any atom is 0.232 e. The number of ether oxygens (including phenoxy) is 1. The molecule has 0 aromatic heterocycles. The van der Waals surface area contributed by atoms with Gasteiger partial charge < -0.3 is 4.74 Å². The quantitative estimate of drug-likeness (QED) is 0.718. The van der Waals surface area contributed by atoms with Crippen LogP contribution in [0, 0.1) is 6.92 Å². The highest BCUT2D eigenvalue weighted by molar-refractivity contribution is 6.31. The third kappa shape index (κ3) is 3.22. The van der Waals surface area contributed by atoms with E-state index in [2.05, 4.69) is 0 Å². The fraction of sp³-hybridized carbons (Fsp3) is 0.304. The summed E-state index contributed by atoms with van der Waals surface area (Å²) in [7, 11) is 1.62. The van der Waals surface area contributed by atoms with E-state index in [-0.39, 0.29) is 24.0 Å². The van der Waals surface area contributed by atoms with E-state index < -0.39 is 0 Å². The smallest absolute Gasteiger partial charge is 0.232 e. The van der Waals surface area contributed by atoms with Gasteiger partial charge in [-0.15, -0.1) is 0 Å². The zero-order valence-electron chi connectivity index (χ0n) is 16.0. The molecular weight excluding hydrogens is 374 g/mol. The van der Waals surface area contributed by atoms with Gasteiger partial charge in [-0.05, 0) is 55.2 Å². The molecule has 4 rings (SSSR count). The molecule has 1 aliphatic carbocycles. The molecule has 0 spiro atoms. The van der Waals surface area contributed by atoms with Crippen LogP contribution in [0.1, 0.15) is 42.7 Å². The number of halogens is 1. The molecule has 0 saturated carbocycles. The molecule has 0 fully saturated rings. The summed E-state index contributed by atoms with van der Waals surface area (Å²) in [4.78, 5) is 27.9. The van der Waals surface area contributed by atoms with Gasteiger partial charge in [0, 0.05) is 35.1 Å². The van der Waals surface area contributed by atoms with Crippen LogP contribution in [0.3, 0.4) is 0 Å². The molecule has 0 bridgehead atoms. The predicted molar refractivity (Wildman–Crippen MR) is 110 cm³/mol. The van der Waals surface area contributed by atoms with Crippen LogP contribution in [0.5, 0.6) is 5.75 Å². The second kappa shape index (κ2) is 7.44. The van der Waals surface area contributed by atoms with E-state index in [9.17, 15) is 9.59 Å². The normalized spacial score (nSPS) is 19.7. The number of amides is 1. The van der Waals surface area contributed by atoms with Gasteiger partial charge in [-0.25, -0.2) is 0 Å². The van der Waals surface area contributed by atoms with Crippen molar-refractivity contribution in [3.63, 3.8) is 0 Å². The minimum absolute atomic E-state index is 0.000338. The highest BCUT2D eigenvalue weighted by Gasteiger charge is 2.40. The Labute approximate surface area is 169 Å². The monoisotopic (exact) mass is 395 g/mol. The number of methoxy groups -OCH3 is 1.